The van der Waals surface area contributed by atoms with E-state index in [1.165, 1.54) is 0 Å². The van der Waals surface area contributed by atoms with Crippen LogP contribution in [0, 0.1) is 0 Å². The lowest BCUT2D eigenvalue weighted by Gasteiger charge is -2.09. The molecule has 0 N–H and O–H groups in total. The molecule has 0 aliphatic carbocycles. The Morgan fingerprint density at radius 2 is 1.04 bits per heavy atom. The molecule has 0 amide bonds. The summed E-state index contributed by atoms with van der Waals surface area (Å²) in [6.07, 6.45) is 0. The van der Waals surface area contributed by atoms with Gasteiger partial charge in [0.2, 0.25) is 0 Å². The highest BCUT2D eigenvalue weighted by atomic mass is 16.7. The van der Waals surface area contributed by atoms with Gasteiger partial charge in [-0.3, -0.25) is 0 Å². The van der Waals surface area contributed by atoms with Crippen LogP contribution in [0.5, 0.6) is 11.5 Å². The standard InChI is InChI=1S/C20H22O7/c1-3-24-19(21)15-5-9-17(10-6-15)26-13-23-14-27-18-11-7-16(8-12-18)20(22)25-4-2/h5-12H,3-4,13-14H2,1-2H3. The topological polar surface area (TPSA) is 80.3 Å². The third kappa shape index (κ3) is 6.63. The molecule has 27 heavy (non-hydrogen) atoms. The monoisotopic (exact) mass is 374 g/mol. The molecule has 0 unspecified atom stereocenters. The third-order valence-corrected chi connectivity index (χ3v) is 3.35. The summed E-state index contributed by atoms with van der Waals surface area (Å²) in [5, 5.41) is 0. The molecule has 0 heterocycles. The summed E-state index contributed by atoms with van der Waals surface area (Å²) < 4.78 is 25.9. The van der Waals surface area contributed by atoms with Gasteiger partial charge in [-0.2, -0.15) is 0 Å². The lowest BCUT2D eigenvalue weighted by molar-refractivity contribution is -0.0536. The van der Waals surface area contributed by atoms with E-state index in [-0.39, 0.29) is 25.5 Å². The first-order chi connectivity index (χ1) is 13.1. The van der Waals surface area contributed by atoms with Gasteiger partial charge >= 0.3 is 11.9 Å². The Hall–Kier alpha value is -3.06. The van der Waals surface area contributed by atoms with Gasteiger partial charge < -0.3 is 23.7 Å². The van der Waals surface area contributed by atoms with Crippen LogP contribution in [0.3, 0.4) is 0 Å². The first-order valence-electron chi connectivity index (χ1n) is 8.51. The number of esters is 2. The van der Waals surface area contributed by atoms with Gasteiger partial charge in [-0.1, -0.05) is 0 Å². The molecule has 0 bridgehead atoms. The van der Waals surface area contributed by atoms with Gasteiger partial charge in [-0.25, -0.2) is 9.59 Å². The smallest absolute Gasteiger partial charge is 0.338 e. The van der Waals surface area contributed by atoms with Crippen molar-refractivity contribution >= 4 is 11.9 Å². The van der Waals surface area contributed by atoms with E-state index in [2.05, 4.69) is 0 Å². The van der Waals surface area contributed by atoms with Crippen LogP contribution < -0.4 is 9.47 Å². The zero-order valence-electron chi connectivity index (χ0n) is 15.3. The molecule has 2 rings (SSSR count). The molecule has 2 aromatic rings. The first-order valence-corrected chi connectivity index (χ1v) is 8.51. The maximum Gasteiger partial charge on any atom is 0.338 e. The number of hydrogen-bond donors (Lipinski definition) is 0. The fourth-order valence-corrected chi connectivity index (χ4v) is 2.06. The van der Waals surface area contributed by atoms with Crippen LogP contribution in [0.4, 0.5) is 0 Å². The number of hydrogen-bond acceptors (Lipinski definition) is 7. The normalized spacial score (nSPS) is 10.1. The van der Waals surface area contributed by atoms with Crippen molar-refractivity contribution in [2.45, 2.75) is 13.8 Å². The second kappa shape index (κ2) is 10.8. The second-order valence-electron chi connectivity index (χ2n) is 5.22. The summed E-state index contributed by atoms with van der Waals surface area (Å²) in [6, 6.07) is 13.1. The predicted octanol–water partition coefficient (Wildman–Crippen LogP) is 3.43. The van der Waals surface area contributed by atoms with Gasteiger partial charge in [0.05, 0.1) is 24.3 Å². The summed E-state index contributed by atoms with van der Waals surface area (Å²) in [5.74, 6) is 0.369. The Balaban J connectivity index is 1.68. The van der Waals surface area contributed by atoms with Crippen LogP contribution in [0.2, 0.25) is 0 Å². The average Bonchev–Trinajstić information content (AvgIpc) is 2.69. The summed E-state index contributed by atoms with van der Waals surface area (Å²) in [5.41, 5.74) is 0.916. The van der Waals surface area contributed by atoms with Crippen molar-refractivity contribution in [1.29, 1.82) is 0 Å². The van der Waals surface area contributed by atoms with E-state index in [1.807, 2.05) is 0 Å². The lowest BCUT2D eigenvalue weighted by Crippen LogP contribution is -2.09. The highest BCUT2D eigenvalue weighted by Crippen LogP contribution is 2.14. The van der Waals surface area contributed by atoms with Crippen LogP contribution in [0.1, 0.15) is 34.6 Å². The minimum Gasteiger partial charge on any atom is -0.467 e. The van der Waals surface area contributed by atoms with E-state index < -0.39 is 0 Å². The number of carbonyl (C=O) groups is 2. The zero-order valence-corrected chi connectivity index (χ0v) is 15.3. The van der Waals surface area contributed by atoms with E-state index in [1.54, 1.807) is 62.4 Å². The van der Waals surface area contributed by atoms with Gasteiger partial charge in [-0.05, 0) is 62.4 Å². The van der Waals surface area contributed by atoms with Crippen LogP contribution in [-0.4, -0.2) is 38.7 Å². The minimum atomic E-state index is -0.373. The molecular formula is C20H22O7. The van der Waals surface area contributed by atoms with Gasteiger partial charge in [-0.15, -0.1) is 0 Å². The quantitative estimate of drug-likeness (QED) is 0.358. The van der Waals surface area contributed by atoms with Gasteiger partial charge in [0.1, 0.15) is 11.5 Å². The molecule has 0 aliphatic heterocycles. The van der Waals surface area contributed by atoms with Crippen LogP contribution in [-0.2, 0) is 14.2 Å². The van der Waals surface area contributed by atoms with E-state index in [0.717, 1.165) is 0 Å². The van der Waals surface area contributed by atoms with Gasteiger partial charge in [0, 0.05) is 0 Å². The van der Waals surface area contributed by atoms with Crippen LogP contribution in [0.25, 0.3) is 0 Å². The molecule has 7 nitrogen and oxygen atoms in total. The van der Waals surface area contributed by atoms with E-state index >= 15 is 0 Å². The van der Waals surface area contributed by atoms with Crippen molar-refractivity contribution in [3.05, 3.63) is 59.7 Å². The van der Waals surface area contributed by atoms with E-state index in [9.17, 15) is 9.59 Å². The Morgan fingerprint density at radius 3 is 1.37 bits per heavy atom. The second-order valence-corrected chi connectivity index (χ2v) is 5.22. The summed E-state index contributed by atoms with van der Waals surface area (Å²) in [4.78, 5) is 23.1. The van der Waals surface area contributed by atoms with Crippen molar-refractivity contribution in [1.82, 2.24) is 0 Å². The molecule has 0 spiro atoms. The molecule has 0 aromatic heterocycles. The molecule has 0 fully saturated rings. The maximum atomic E-state index is 11.6. The SMILES string of the molecule is CCOC(=O)c1ccc(OCOCOc2ccc(C(=O)OCC)cc2)cc1. The molecule has 0 radical (unpaired) electrons. The Kier molecular flexibility index (Phi) is 8.12. The largest absolute Gasteiger partial charge is 0.467 e. The Morgan fingerprint density at radius 1 is 0.667 bits per heavy atom. The Labute approximate surface area is 157 Å². The summed E-state index contributed by atoms with van der Waals surface area (Å²) >= 11 is 0. The van der Waals surface area contributed by atoms with Crippen molar-refractivity contribution in [3.63, 3.8) is 0 Å². The fourth-order valence-electron chi connectivity index (χ4n) is 2.06. The Bertz CT molecular complexity index is 660. The van der Waals surface area contributed by atoms with Crippen molar-refractivity contribution in [3.8, 4) is 11.5 Å². The third-order valence-electron chi connectivity index (χ3n) is 3.35. The number of rotatable bonds is 10. The predicted molar refractivity (Wildman–Crippen MR) is 96.9 cm³/mol. The minimum absolute atomic E-state index is 0.0142. The van der Waals surface area contributed by atoms with Gasteiger partial charge in [0.25, 0.3) is 0 Å². The van der Waals surface area contributed by atoms with E-state index in [4.69, 9.17) is 23.7 Å². The highest BCUT2D eigenvalue weighted by Gasteiger charge is 2.07. The van der Waals surface area contributed by atoms with Gasteiger partial charge in [0.15, 0.2) is 13.6 Å². The molecular weight excluding hydrogens is 352 g/mol. The number of ether oxygens (including phenoxy) is 5. The summed E-state index contributed by atoms with van der Waals surface area (Å²) in [7, 11) is 0. The van der Waals surface area contributed by atoms with Crippen molar-refractivity contribution < 1.29 is 33.3 Å². The summed E-state index contributed by atoms with van der Waals surface area (Å²) in [6.45, 7) is 4.14. The molecule has 2 aromatic carbocycles. The lowest BCUT2D eigenvalue weighted by atomic mass is 10.2. The molecule has 0 atom stereocenters. The number of carbonyl (C=O) groups excluding carboxylic acids is 2. The van der Waals surface area contributed by atoms with Crippen LogP contribution >= 0.6 is 0 Å². The molecule has 7 heteroatoms. The highest BCUT2D eigenvalue weighted by molar-refractivity contribution is 5.89. The molecule has 144 valence electrons. The molecule has 0 aliphatic rings. The fraction of sp³-hybridized carbons (Fsp3) is 0.300. The van der Waals surface area contributed by atoms with E-state index in [0.29, 0.717) is 35.8 Å². The molecule has 0 saturated heterocycles. The first kappa shape index (κ1) is 20.3. The zero-order chi connectivity index (χ0) is 19.5. The molecule has 0 saturated carbocycles. The van der Waals surface area contributed by atoms with Crippen molar-refractivity contribution in [2.24, 2.45) is 0 Å². The van der Waals surface area contributed by atoms with Crippen molar-refractivity contribution in [2.75, 3.05) is 26.8 Å². The number of benzene rings is 2. The van der Waals surface area contributed by atoms with Crippen LogP contribution in [0.15, 0.2) is 48.5 Å². The average molecular weight is 374 g/mol. The maximum absolute atomic E-state index is 11.6.